The van der Waals surface area contributed by atoms with E-state index in [0.717, 1.165) is 25.1 Å². The Hall–Kier alpha value is -1.69. The first-order valence-electron chi connectivity index (χ1n) is 6.33. The predicted octanol–water partition coefficient (Wildman–Crippen LogP) is 2.25. The van der Waals surface area contributed by atoms with Crippen molar-refractivity contribution < 1.29 is 19.1 Å². The maximum absolute atomic E-state index is 13.1. The highest BCUT2D eigenvalue weighted by Crippen LogP contribution is 2.25. The molecule has 0 bridgehead atoms. The standard InChI is InChI=1S/C13H14ClFN2O3/c14-11-9(5-7(15)6-16-11)12(18)17-10-4-2-1-3-8(10)13(19)20/h5-6,8,10H,1-4H2,(H,17,18)(H,19,20). The van der Waals surface area contributed by atoms with Crippen molar-refractivity contribution >= 4 is 23.5 Å². The number of hydrogen-bond acceptors (Lipinski definition) is 3. The third-order valence-corrected chi connectivity index (χ3v) is 3.75. The first-order chi connectivity index (χ1) is 9.49. The van der Waals surface area contributed by atoms with Crippen molar-refractivity contribution in [1.29, 1.82) is 0 Å². The van der Waals surface area contributed by atoms with Gasteiger partial charge in [-0.05, 0) is 18.9 Å². The van der Waals surface area contributed by atoms with Gasteiger partial charge in [-0.3, -0.25) is 9.59 Å². The molecule has 1 heterocycles. The van der Waals surface area contributed by atoms with Gasteiger partial charge in [0.2, 0.25) is 0 Å². The van der Waals surface area contributed by atoms with Gasteiger partial charge in [0.15, 0.2) is 0 Å². The number of pyridine rings is 1. The van der Waals surface area contributed by atoms with Gasteiger partial charge >= 0.3 is 5.97 Å². The van der Waals surface area contributed by atoms with E-state index in [4.69, 9.17) is 16.7 Å². The Morgan fingerprint density at radius 3 is 2.80 bits per heavy atom. The van der Waals surface area contributed by atoms with E-state index in [0.29, 0.717) is 12.8 Å². The monoisotopic (exact) mass is 300 g/mol. The zero-order chi connectivity index (χ0) is 14.7. The minimum atomic E-state index is -0.932. The number of amides is 1. The van der Waals surface area contributed by atoms with Crippen LogP contribution in [-0.2, 0) is 4.79 Å². The van der Waals surface area contributed by atoms with Crippen LogP contribution < -0.4 is 5.32 Å². The van der Waals surface area contributed by atoms with Crippen molar-refractivity contribution in [3.8, 4) is 0 Å². The molecule has 1 fully saturated rings. The lowest BCUT2D eigenvalue weighted by molar-refractivity contribution is -0.143. The molecular weight excluding hydrogens is 287 g/mol. The lowest BCUT2D eigenvalue weighted by Crippen LogP contribution is -2.45. The van der Waals surface area contributed by atoms with Crippen LogP contribution in [0.5, 0.6) is 0 Å². The maximum atomic E-state index is 13.1. The second kappa shape index (κ2) is 6.17. The molecule has 5 nitrogen and oxygen atoms in total. The van der Waals surface area contributed by atoms with Gasteiger partial charge in [0.1, 0.15) is 11.0 Å². The van der Waals surface area contributed by atoms with Crippen LogP contribution in [-0.4, -0.2) is 28.0 Å². The molecule has 1 aliphatic carbocycles. The highest BCUT2D eigenvalue weighted by atomic mass is 35.5. The quantitative estimate of drug-likeness (QED) is 0.839. The Morgan fingerprint density at radius 2 is 2.10 bits per heavy atom. The third-order valence-electron chi connectivity index (χ3n) is 3.45. The van der Waals surface area contributed by atoms with Crippen molar-refractivity contribution in [3.05, 3.63) is 28.8 Å². The number of carbonyl (C=O) groups is 2. The van der Waals surface area contributed by atoms with Crippen molar-refractivity contribution in [2.75, 3.05) is 0 Å². The Balaban J connectivity index is 2.13. The van der Waals surface area contributed by atoms with Crippen LogP contribution in [0.15, 0.2) is 12.3 Å². The smallest absolute Gasteiger partial charge is 0.308 e. The second-order valence-corrected chi connectivity index (χ2v) is 5.16. The average molecular weight is 301 g/mol. The first-order valence-corrected chi connectivity index (χ1v) is 6.71. The first kappa shape index (κ1) is 14.7. The molecule has 0 aromatic carbocycles. The molecule has 2 unspecified atom stereocenters. The molecule has 1 amide bonds. The fourth-order valence-electron chi connectivity index (χ4n) is 2.43. The van der Waals surface area contributed by atoms with E-state index in [-0.39, 0.29) is 10.7 Å². The summed E-state index contributed by atoms with van der Waals surface area (Å²) in [6.45, 7) is 0. The van der Waals surface area contributed by atoms with E-state index >= 15 is 0 Å². The number of hydrogen-bond donors (Lipinski definition) is 2. The predicted molar refractivity (Wildman–Crippen MR) is 70.1 cm³/mol. The molecule has 108 valence electrons. The molecule has 0 radical (unpaired) electrons. The molecule has 20 heavy (non-hydrogen) atoms. The second-order valence-electron chi connectivity index (χ2n) is 4.80. The Kier molecular flexibility index (Phi) is 4.54. The highest BCUT2D eigenvalue weighted by Gasteiger charge is 2.32. The summed E-state index contributed by atoms with van der Waals surface area (Å²) < 4.78 is 13.1. The van der Waals surface area contributed by atoms with E-state index in [1.54, 1.807) is 0 Å². The van der Waals surface area contributed by atoms with E-state index < -0.39 is 29.7 Å². The normalized spacial score (nSPS) is 22.3. The van der Waals surface area contributed by atoms with Crippen LogP contribution in [0, 0.1) is 11.7 Å². The molecule has 1 saturated carbocycles. The lowest BCUT2D eigenvalue weighted by atomic mass is 9.84. The Labute approximate surface area is 120 Å². The molecule has 1 aromatic heterocycles. The summed E-state index contributed by atoms with van der Waals surface area (Å²) in [6.07, 6.45) is 3.70. The summed E-state index contributed by atoms with van der Waals surface area (Å²) in [7, 11) is 0. The van der Waals surface area contributed by atoms with Crippen LogP contribution in [0.2, 0.25) is 5.15 Å². The van der Waals surface area contributed by atoms with Crippen molar-refractivity contribution in [3.63, 3.8) is 0 Å². The van der Waals surface area contributed by atoms with Gasteiger partial charge in [0.05, 0.1) is 17.7 Å². The van der Waals surface area contributed by atoms with E-state index in [9.17, 15) is 14.0 Å². The minimum Gasteiger partial charge on any atom is -0.481 e. The minimum absolute atomic E-state index is 0.0821. The molecule has 2 atom stereocenters. The molecule has 1 aromatic rings. The van der Waals surface area contributed by atoms with E-state index in [1.807, 2.05) is 0 Å². The van der Waals surface area contributed by atoms with Crippen LogP contribution in [0.25, 0.3) is 0 Å². The molecule has 0 saturated heterocycles. The summed E-state index contributed by atoms with van der Waals surface area (Å²) in [4.78, 5) is 26.8. The summed E-state index contributed by atoms with van der Waals surface area (Å²) in [5, 5.41) is 11.7. The Bertz CT molecular complexity index is 538. The number of aliphatic carboxylic acids is 1. The SMILES string of the molecule is O=C(NC1CCCCC1C(=O)O)c1cc(F)cnc1Cl. The molecule has 0 aliphatic heterocycles. The van der Waals surface area contributed by atoms with Crippen LogP contribution >= 0.6 is 11.6 Å². The van der Waals surface area contributed by atoms with E-state index in [2.05, 4.69) is 10.3 Å². The summed E-state index contributed by atoms with van der Waals surface area (Å²) in [5.74, 6) is -2.82. The third kappa shape index (κ3) is 3.25. The molecule has 7 heteroatoms. The number of rotatable bonds is 3. The van der Waals surface area contributed by atoms with Crippen molar-refractivity contribution in [2.24, 2.45) is 5.92 Å². The molecular formula is C13H14ClFN2O3. The molecule has 2 N–H and O–H groups in total. The molecule has 0 spiro atoms. The van der Waals surface area contributed by atoms with Crippen molar-refractivity contribution in [1.82, 2.24) is 10.3 Å². The topological polar surface area (TPSA) is 79.3 Å². The maximum Gasteiger partial charge on any atom is 0.308 e. The number of halogens is 2. The van der Waals surface area contributed by atoms with E-state index in [1.165, 1.54) is 0 Å². The van der Waals surface area contributed by atoms with Crippen LogP contribution in [0.3, 0.4) is 0 Å². The van der Waals surface area contributed by atoms with Gasteiger partial charge in [-0.1, -0.05) is 24.4 Å². The summed E-state index contributed by atoms with van der Waals surface area (Å²) in [6, 6.07) is 0.525. The number of carboxylic acids is 1. The van der Waals surface area contributed by atoms with Gasteiger partial charge in [-0.15, -0.1) is 0 Å². The van der Waals surface area contributed by atoms with Gasteiger partial charge in [-0.2, -0.15) is 0 Å². The number of aromatic nitrogens is 1. The summed E-state index contributed by atoms with van der Waals surface area (Å²) >= 11 is 5.75. The van der Waals surface area contributed by atoms with Crippen molar-refractivity contribution in [2.45, 2.75) is 31.7 Å². The molecule has 2 rings (SSSR count). The number of nitrogens with zero attached hydrogens (tertiary/aromatic N) is 1. The van der Waals surface area contributed by atoms with Gasteiger partial charge < -0.3 is 10.4 Å². The van der Waals surface area contributed by atoms with Crippen LogP contribution in [0.1, 0.15) is 36.0 Å². The van der Waals surface area contributed by atoms with Crippen LogP contribution in [0.4, 0.5) is 4.39 Å². The number of carboxylic acid groups (broad SMARTS) is 1. The summed E-state index contributed by atoms with van der Waals surface area (Å²) in [5.41, 5.74) is -0.0821. The highest BCUT2D eigenvalue weighted by molar-refractivity contribution is 6.32. The molecule has 1 aliphatic rings. The Morgan fingerprint density at radius 1 is 1.40 bits per heavy atom. The average Bonchev–Trinajstić information content (AvgIpc) is 2.41. The van der Waals surface area contributed by atoms with Gasteiger partial charge in [-0.25, -0.2) is 9.37 Å². The lowest BCUT2D eigenvalue weighted by Gasteiger charge is -2.29. The van der Waals surface area contributed by atoms with Gasteiger partial charge in [0, 0.05) is 6.04 Å². The zero-order valence-electron chi connectivity index (χ0n) is 10.6. The fourth-order valence-corrected chi connectivity index (χ4v) is 2.62. The number of nitrogens with one attached hydrogen (secondary N) is 1. The largest absolute Gasteiger partial charge is 0.481 e. The van der Waals surface area contributed by atoms with Gasteiger partial charge in [0.25, 0.3) is 5.91 Å². The number of carbonyl (C=O) groups excluding carboxylic acids is 1. The fraction of sp³-hybridized carbons (Fsp3) is 0.462. The zero-order valence-corrected chi connectivity index (χ0v) is 11.4.